The van der Waals surface area contributed by atoms with E-state index in [1.807, 2.05) is 6.92 Å². The molecule has 0 rings (SSSR count). The van der Waals surface area contributed by atoms with Crippen molar-refractivity contribution in [3.05, 3.63) is 12.2 Å². The Labute approximate surface area is 68.1 Å². The summed E-state index contributed by atoms with van der Waals surface area (Å²) in [6, 6.07) is 0. The van der Waals surface area contributed by atoms with Crippen LogP contribution in [-0.2, 0) is 0 Å². The van der Waals surface area contributed by atoms with Gasteiger partial charge < -0.3 is 5.11 Å². The second-order valence-corrected chi connectivity index (χ2v) is 2.39. The molecule has 0 aromatic carbocycles. The largest absolute Gasteiger partial charge is 0.392 e. The van der Waals surface area contributed by atoms with Gasteiger partial charge in [-0.05, 0) is 31.3 Å². The van der Waals surface area contributed by atoms with E-state index in [1.165, 1.54) is 0 Å². The van der Waals surface area contributed by atoms with Crippen LogP contribution in [0.1, 0.15) is 20.3 Å². The maximum absolute atomic E-state index is 8.79. The van der Waals surface area contributed by atoms with Crippen LogP contribution in [0.25, 0.3) is 0 Å². The standard InChI is InChI=1S/C10H12O/c1-9(2)7-5-4-6-8-10(3)11/h10-11H,1,8H2,2-3H3. The quantitative estimate of drug-likeness (QED) is 0.556. The molecule has 0 radical (unpaired) electrons. The van der Waals surface area contributed by atoms with E-state index < -0.39 is 0 Å². The Bertz CT molecular complexity index is 240. The van der Waals surface area contributed by atoms with Crippen molar-refractivity contribution in [2.75, 3.05) is 0 Å². The van der Waals surface area contributed by atoms with E-state index in [9.17, 15) is 0 Å². The Hall–Kier alpha value is -1.18. The minimum atomic E-state index is -0.367. The van der Waals surface area contributed by atoms with Crippen molar-refractivity contribution in [1.29, 1.82) is 0 Å². The Morgan fingerprint density at radius 1 is 1.55 bits per heavy atom. The van der Waals surface area contributed by atoms with Crippen LogP contribution in [0.5, 0.6) is 0 Å². The lowest BCUT2D eigenvalue weighted by Crippen LogP contribution is -1.95. The van der Waals surface area contributed by atoms with Crippen molar-refractivity contribution in [2.24, 2.45) is 0 Å². The summed E-state index contributed by atoms with van der Waals surface area (Å²) in [6.07, 6.45) is 0.111. The van der Waals surface area contributed by atoms with E-state index in [2.05, 4.69) is 30.3 Å². The van der Waals surface area contributed by atoms with Gasteiger partial charge in [0.1, 0.15) is 0 Å². The number of allylic oxidation sites excluding steroid dienone is 1. The van der Waals surface area contributed by atoms with Gasteiger partial charge in [-0.3, -0.25) is 0 Å². The molecule has 1 unspecified atom stereocenters. The molecule has 0 aliphatic carbocycles. The van der Waals surface area contributed by atoms with Crippen LogP contribution in [0.3, 0.4) is 0 Å². The lowest BCUT2D eigenvalue weighted by Gasteiger charge is -1.90. The van der Waals surface area contributed by atoms with E-state index in [4.69, 9.17) is 5.11 Å². The molecule has 0 bridgehead atoms. The lowest BCUT2D eigenvalue weighted by atomic mass is 10.3. The smallest absolute Gasteiger partial charge is 0.0621 e. The van der Waals surface area contributed by atoms with Crippen molar-refractivity contribution in [1.82, 2.24) is 0 Å². The van der Waals surface area contributed by atoms with E-state index in [1.54, 1.807) is 6.92 Å². The van der Waals surface area contributed by atoms with Crippen LogP contribution in [0.2, 0.25) is 0 Å². The van der Waals surface area contributed by atoms with Crippen molar-refractivity contribution in [3.63, 3.8) is 0 Å². The molecule has 0 aliphatic rings. The summed E-state index contributed by atoms with van der Waals surface area (Å²) in [5.74, 6) is 10.7. The van der Waals surface area contributed by atoms with Crippen LogP contribution in [0.4, 0.5) is 0 Å². The molecule has 0 aromatic rings. The normalized spacial score (nSPS) is 10.1. The molecular formula is C10H12O. The summed E-state index contributed by atoms with van der Waals surface area (Å²) in [5.41, 5.74) is 0.802. The summed E-state index contributed by atoms with van der Waals surface area (Å²) < 4.78 is 0. The van der Waals surface area contributed by atoms with E-state index in [0.29, 0.717) is 6.42 Å². The van der Waals surface area contributed by atoms with Gasteiger partial charge in [-0.1, -0.05) is 18.4 Å². The number of hydrogen-bond donors (Lipinski definition) is 1. The number of rotatable bonds is 1. The SMILES string of the molecule is C=C(C)C#CC#CCC(C)O. The minimum absolute atomic E-state index is 0.367. The van der Waals surface area contributed by atoms with Crippen molar-refractivity contribution < 1.29 is 5.11 Å². The minimum Gasteiger partial charge on any atom is -0.392 e. The van der Waals surface area contributed by atoms with Gasteiger partial charge in [0.15, 0.2) is 0 Å². The molecule has 0 saturated carbocycles. The predicted octanol–water partition coefficient (Wildman–Crippen LogP) is 1.34. The molecule has 0 aromatic heterocycles. The Kier molecular flexibility index (Phi) is 4.99. The third-order valence-corrected chi connectivity index (χ3v) is 0.824. The van der Waals surface area contributed by atoms with Gasteiger partial charge in [0.2, 0.25) is 0 Å². The van der Waals surface area contributed by atoms with Crippen molar-refractivity contribution in [2.45, 2.75) is 26.4 Å². The average Bonchev–Trinajstić information content (AvgIpc) is 1.85. The van der Waals surface area contributed by atoms with Gasteiger partial charge in [-0.15, -0.1) is 0 Å². The molecule has 1 atom stereocenters. The highest BCUT2D eigenvalue weighted by molar-refractivity contribution is 5.34. The fourth-order valence-electron chi connectivity index (χ4n) is 0.381. The van der Waals surface area contributed by atoms with Gasteiger partial charge in [0.25, 0.3) is 0 Å². The highest BCUT2D eigenvalue weighted by Crippen LogP contribution is 1.84. The summed E-state index contributed by atoms with van der Waals surface area (Å²) in [7, 11) is 0. The molecular weight excluding hydrogens is 136 g/mol. The third-order valence-electron chi connectivity index (χ3n) is 0.824. The van der Waals surface area contributed by atoms with Crippen molar-refractivity contribution >= 4 is 0 Å². The Morgan fingerprint density at radius 2 is 2.18 bits per heavy atom. The van der Waals surface area contributed by atoms with Gasteiger partial charge in [-0.25, -0.2) is 0 Å². The number of aliphatic hydroxyl groups excluding tert-OH is 1. The van der Waals surface area contributed by atoms with Gasteiger partial charge in [0, 0.05) is 6.42 Å². The summed E-state index contributed by atoms with van der Waals surface area (Å²) in [6.45, 7) is 7.12. The monoisotopic (exact) mass is 148 g/mol. The van der Waals surface area contributed by atoms with Crippen LogP contribution < -0.4 is 0 Å². The highest BCUT2D eigenvalue weighted by atomic mass is 16.3. The zero-order valence-electron chi connectivity index (χ0n) is 6.94. The predicted molar refractivity (Wildman–Crippen MR) is 46.7 cm³/mol. The molecule has 0 fully saturated rings. The van der Waals surface area contributed by atoms with Crippen molar-refractivity contribution in [3.8, 4) is 23.7 Å². The van der Waals surface area contributed by atoms with Gasteiger partial charge in [-0.2, -0.15) is 0 Å². The van der Waals surface area contributed by atoms with Crippen LogP contribution in [0.15, 0.2) is 12.2 Å². The molecule has 1 N–H and O–H groups in total. The topological polar surface area (TPSA) is 20.2 Å². The first kappa shape index (κ1) is 9.82. The molecule has 58 valence electrons. The molecule has 0 saturated heterocycles. The summed E-state index contributed by atoms with van der Waals surface area (Å²) >= 11 is 0. The Morgan fingerprint density at radius 3 is 2.64 bits per heavy atom. The molecule has 11 heavy (non-hydrogen) atoms. The van der Waals surface area contributed by atoms with Crippen LogP contribution in [-0.4, -0.2) is 11.2 Å². The third kappa shape index (κ3) is 8.82. The highest BCUT2D eigenvalue weighted by Gasteiger charge is 1.86. The van der Waals surface area contributed by atoms with Crippen LogP contribution in [0, 0.1) is 23.7 Å². The van der Waals surface area contributed by atoms with E-state index >= 15 is 0 Å². The van der Waals surface area contributed by atoms with E-state index in [0.717, 1.165) is 5.57 Å². The van der Waals surface area contributed by atoms with Crippen LogP contribution >= 0.6 is 0 Å². The maximum Gasteiger partial charge on any atom is 0.0621 e. The molecule has 0 amide bonds. The fourth-order valence-corrected chi connectivity index (χ4v) is 0.381. The maximum atomic E-state index is 8.79. The Balaban J connectivity index is 3.75. The molecule has 1 nitrogen and oxygen atoms in total. The van der Waals surface area contributed by atoms with Gasteiger partial charge >= 0.3 is 0 Å². The zero-order valence-corrected chi connectivity index (χ0v) is 6.94. The first-order valence-corrected chi connectivity index (χ1v) is 3.45. The molecule has 0 aliphatic heterocycles. The molecule has 1 heteroatoms. The fraction of sp³-hybridized carbons (Fsp3) is 0.400. The first-order valence-electron chi connectivity index (χ1n) is 3.45. The number of aliphatic hydroxyl groups is 1. The second-order valence-electron chi connectivity index (χ2n) is 2.39. The first-order chi connectivity index (χ1) is 5.13. The molecule has 0 spiro atoms. The second kappa shape index (κ2) is 5.59. The summed E-state index contributed by atoms with van der Waals surface area (Å²) in [4.78, 5) is 0. The van der Waals surface area contributed by atoms with Gasteiger partial charge in [0.05, 0.1) is 6.10 Å². The summed E-state index contributed by atoms with van der Waals surface area (Å²) in [5, 5.41) is 8.79. The molecule has 0 heterocycles. The average molecular weight is 148 g/mol. The zero-order chi connectivity index (χ0) is 8.69. The van der Waals surface area contributed by atoms with E-state index in [-0.39, 0.29) is 6.10 Å². The lowest BCUT2D eigenvalue weighted by molar-refractivity contribution is 0.201. The number of hydrogen-bond acceptors (Lipinski definition) is 1.